The van der Waals surface area contributed by atoms with Crippen molar-refractivity contribution in [2.45, 2.75) is 26.4 Å². The molecule has 0 spiro atoms. The number of fused-ring (bicyclic) bond motifs is 5. The summed E-state index contributed by atoms with van der Waals surface area (Å²) in [6.45, 7) is 4.10. The van der Waals surface area contributed by atoms with Crippen LogP contribution < -0.4 is 5.32 Å². The molecule has 0 aliphatic carbocycles. The number of aromatic nitrogens is 4. The smallest absolute Gasteiger partial charge is 0.143 e. The molecule has 0 radical (unpaired) electrons. The second kappa shape index (κ2) is 9.89. The molecule has 0 bridgehead atoms. The number of likely N-dealkylation sites (N-methyl/N-ethyl adjacent to an activating group) is 1. The summed E-state index contributed by atoms with van der Waals surface area (Å²) in [5, 5.41) is 11.2. The van der Waals surface area contributed by atoms with Crippen LogP contribution in [0.15, 0.2) is 42.9 Å². The first-order valence-corrected chi connectivity index (χ1v) is 12.8. The fourth-order valence-corrected chi connectivity index (χ4v) is 6.21. The lowest BCUT2D eigenvalue weighted by Gasteiger charge is -2.20. The maximum absolute atomic E-state index is 13.6. The van der Waals surface area contributed by atoms with Gasteiger partial charge in [-0.05, 0) is 51.3 Å². The van der Waals surface area contributed by atoms with Crippen molar-refractivity contribution in [2.75, 3.05) is 39.0 Å². The van der Waals surface area contributed by atoms with E-state index in [-0.39, 0.29) is 12.4 Å². The van der Waals surface area contributed by atoms with E-state index in [2.05, 4.69) is 56.0 Å². The zero-order chi connectivity index (χ0) is 24.1. The molecule has 4 heterocycles. The number of hydrogen-bond donors (Lipinski definition) is 1. The molecule has 5 aromatic rings. The molecule has 2 aromatic carbocycles. The number of hydrogen-bond acceptors (Lipinski definition) is 7. The molecule has 1 N–H and O–H groups in total. The number of anilines is 2. The Balaban J connectivity index is 0.00000267. The molecule has 0 unspecified atom stereocenters. The molecular formula is C26H29ClFN7S. The summed E-state index contributed by atoms with van der Waals surface area (Å²) < 4.78 is 16.8. The maximum Gasteiger partial charge on any atom is 0.143 e. The molecule has 188 valence electrons. The fraction of sp³-hybridized carbons (Fsp3) is 0.346. The normalized spacial score (nSPS) is 16.4. The average molecular weight is 526 g/mol. The number of likely N-dealkylation sites (tertiary alicyclic amines) is 1. The molecule has 36 heavy (non-hydrogen) atoms. The van der Waals surface area contributed by atoms with Gasteiger partial charge in [-0.1, -0.05) is 25.1 Å². The van der Waals surface area contributed by atoms with Gasteiger partial charge in [0.2, 0.25) is 0 Å². The van der Waals surface area contributed by atoms with Crippen molar-refractivity contribution in [3.8, 4) is 0 Å². The van der Waals surface area contributed by atoms with Crippen LogP contribution in [-0.2, 0) is 6.54 Å². The molecule has 1 aliphatic rings. The van der Waals surface area contributed by atoms with Crippen molar-refractivity contribution < 1.29 is 4.39 Å². The number of benzene rings is 2. The molecule has 6 rings (SSSR count). The summed E-state index contributed by atoms with van der Waals surface area (Å²) in [5.74, 6) is 0.216. The quantitative estimate of drug-likeness (QED) is 0.293. The lowest BCUT2D eigenvalue weighted by atomic mass is 10.1. The zero-order valence-electron chi connectivity index (χ0n) is 19.5. The number of nitrogens with one attached hydrogen (secondary N) is 1. The fourth-order valence-electron chi connectivity index (χ4n) is 4.88. The highest BCUT2D eigenvalue weighted by atomic mass is 35.5. The van der Waals surface area contributed by atoms with Crippen LogP contribution in [0.25, 0.3) is 31.2 Å². The van der Waals surface area contributed by atoms with Gasteiger partial charge in [0.25, 0.3) is 0 Å². The number of thiophene rings is 1. The lowest BCUT2D eigenvalue weighted by molar-refractivity contribution is 0.262. The summed E-state index contributed by atoms with van der Waals surface area (Å²) in [6, 6.07) is 9.44. The first-order valence-electron chi connectivity index (χ1n) is 11.6. The highest BCUT2D eigenvalue weighted by Gasteiger charge is 2.24. The van der Waals surface area contributed by atoms with Gasteiger partial charge in [-0.3, -0.25) is 9.58 Å². The summed E-state index contributed by atoms with van der Waals surface area (Å²) >= 11 is 7.60. The molecule has 1 aliphatic heterocycles. The van der Waals surface area contributed by atoms with Crippen LogP contribution in [0, 0.1) is 5.82 Å². The van der Waals surface area contributed by atoms with E-state index < -0.39 is 5.82 Å². The Morgan fingerprint density at radius 2 is 2.03 bits per heavy atom. The monoisotopic (exact) mass is 525 g/mol. The Morgan fingerprint density at radius 3 is 2.81 bits per heavy atom. The van der Waals surface area contributed by atoms with Crippen LogP contribution in [0.2, 0.25) is 5.02 Å². The minimum absolute atomic E-state index is 0. The van der Waals surface area contributed by atoms with E-state index in [1.807, 2.05) is 6.20 Å². The van der Waals surface area contributed by atoms with Crippen molar-refractivity contribution in [3.63, 3.8) is 0 Å². The predicted octanol–water partition coefficient (Wildman–Crippen LogP) is 6.00. The SMILES string of the molecule is C.CN(C)[C@H]1CCN(CCn2ncc3c4sc5ncnc(Nc6ccc(F)c(Cl)c6)c5c4ccc32)C1. The van der Waals surface area contributed by atoms with E-state index in [0.29, 0.717) is 17.5 Å². The molecule has 7 nitrogen and oxygen atoms in total. The maximum atomic E-state index is 13.6. The van der Waals surface area contributed by atoms with E-state index in [9.17, 15) is 4.39 Å². The van der Waals surface area contributed by atoms with Crippen LogP contribution in [-0.4, -0.2) is 69.3 Å². The second-order valence-corrected chi connectivity index (χ2v) is 10.6. The Morgan fingerprint density at radius 1 is 1.17 bits per heavy atom. The van der Waals surface area contributed by atoms with E-state index >= 15 is 0 Å². The molecule has 1 atom stereocenters. The lowest BCUT2D eigenvalue weighted by Crippen LogP contribution is -2.32. The van der Waals surface area contributed by atoms with Crippen molar-refractivity contribution in [2.24, 2.45) is 0 Å². The van der Waals surface area contributed by atoms with E-state index in [4.69, 9.17) is 16.7 Å². The molecule has 0 amide bonds. The van der Waals surface area contributed by atoms with Gasteiger partial charge in [0.1, 0.15) is 22.8 Å². The Kier molecular flexibility index (Phi) is 6.82. The molecule has 0 saturated carbocycles. The van der Waals surface area contributed by atoms with Crippen molar-refractivity contribution >= 4 is 65.6 Å². The third-order valence-corrected chi connectivity index (χ3v) is 8.28. The number of rotatable bonds is 6. The van der Waals surface area contributed by atoms with Crippen LogP contribution in [0.1, 0.15) is 13.8 Å². The van der Waals surface area contributed by atoms with Gasteiger partial charge in [-0.15, -0.1) is 11.3 Å². The average Bonchev–Trinajstić information content (AvgIpc) is 3.56. The van der Waals surface area contributed by atoms with Gasteiger partial charge >= 0.3 is 0 Å². The summed E-state index contributed by atoms with van der Waals surface area (Å²) in [7, 11) is 4.32. The number of halogens is 2. The van der Waals surface area contributed by atoms with Gasteiger partial charge in [-0.2, -0.15) is 5.10 Å². The van der Waals surface area contributed by atoms with Gasteiger partial charge in [0, 0.05) is 40.3 Å². The topological polar surface area (TPSA) is 62.1 Å². The Bertz CT molecular complexity index is 1550. The van der Waals surface area contributed by atoms with Crippen molar-refractivity contribution in [1.29, 1.82) is 0 Å². The van der Waals surface area contributed by atoms with Gasteiger partial charge < -0.3 is 10.2 Å². The summed E-state index contributed by atoms with van der Waals surface area (Å²) in [6.07, 6.45) is 4.72. The van der Waals surface area contributed by atoms with Gasteiger partial charge in [0.05, 0.1) is 28.7 Å². The largest absolute Gasteiger partial charge is 0.340 e. The highest BCUT2D eigenvalue weighted by molar-refractivity contribution is 7.26. The Hall–Kier alpha value is -2.85. The Labute approximate surface area is 218 Å². The van der Waals surface area contributed by atoms with E-state index in [1.54, 1.807) is 29.8 Å². The molecular weight excluding hydrogens is 497 g/mol. The number of nitrogens with zero attached hydrogens (tertiary/aromatic N) is 6. The predicted molar refractivity (Wildman–Crippen MR) is 148 cm³/mol. The van der Waals surface area contributed by atoms with Crippen molar-refractivity contribution in [1.82, 2.24) is 29.5 Å². The first-order chi connectivity index (χ1) is 17.0. The standard InChI is InChI=1S/C25H25ClFN7S.CH4/c1-32(2)16-7-8-33(13-16)9-10-34-21-6-4-17-22-24(31-15-3-5-20(27)19(26)11-15)28-14-29-25(22)35-23(17)18(21)12-30-34;/h3-6,11-12,14,16H,7-10,13H2,1-2H3,(H,28,29,31);1H4/t16-;/m0./s1. The zero-order valence-corrected chi connectivity index (χ0v) is 21.1. The van der Waals surface area contributed by atoms with Crippen LogP contribution >= 0.6 is 22.9 Å². The van der Waals surface area contributed by atoms with Gasteiger partial charge in [0.15, 0.2) is 0 Å². The minimum atomic E-state index is -0.451. The third kappa shape index (κ3) is 4.41. The first kappa shape index (κ1) is 24.8. The van der Waals surface area contributed by atoms with Crippen LogP contribution in [0.5, 0.6) is 0 Å². The summed E-state index contributed by atoms with van der Waals surface area (Å²) in [5.41, 5.74) is 1.79. The van der Waals surface area contributed by atoms with Gasteiger partial charge in [-0.25, -0.2) is 14.4 Å². The highest BCUT2D eigenvalue weighted by Crippen LogP contribution is 2.40. The second-order valence-electron chi connectivity index (χ2n) is 9.21. The van der Waals surface area contributed by atoms with E-state index in [1.165, 1.54) is 12.5 Å². The third-order valence-electron chi connectivity index (χ3n) is 6.85. The molecule has 3 aromatic heterocycles. The summed E-state index contributed by atoms with van der Waals surface area (Å²) in [4.78, 5) is 14.7. The van der Waals surface area contributed by atoms with E-state index in [0.717, 1.165) is 57.4 Å². The minimum Gasteiger partial charge on any atom is -0.340 e. The molecule has 10 heteroatoms. The van der Waals surface area contributed by atoms with Crippen LogP contribution in [0.3, 0.4) is 0 Å². The molecule has 1 saturated heterocycles. The van der Waals surface area contributed by atoms with Crippen LogP contribution in [0.4, 0.5) is 15.9 Å². The molecule has 1 fully saturated rings. The van der Waals surface area contributed by atoms with Crippen molar-refractivity contribution in [3.05, 3.63) is 53.7 Å².